The molecule has 0 bridgehead atoms. The van der Waals surface area contributed by atoms with Crippen molar-refractivity contribution in [3.05, 3.63) is 53.1 Å². The monoisotopic (exact) mass is 416 g/mol. The van der Waals surface area contributed by atoms with Crippen LogP contribution >= 0.6 is 0 Å². The van der Waals surface area contributed by atoms with Gasteiger partial charge >= 0.3 is 0 Å². The molecule has 6 nitrogen and oxygen atoms in total. The van der Waals surface area contributed by atoms with Gasteiger partial charge < -0.3 is 14.6 Å². The minimum absolute atomic E-state index is 0.00763. The van der Waals surface area contributed by atoms with Gasteiger partial charge in [0.2, 0.25) is 5.82 Å². The first-order chi connectivity index (χ1) is 15.0. The van der Waals surface area contributed by atoms with E-state index >= 15 is 0 Å². The highest BCUT2D eigenvalue weighted by Crippen LogP contribution is 2.38. The van der Waals surface area contributed by atoms with E-state index in [4.69, 9.17) is 9.26 Å². The quantitative estimate of drug-likeness (QED) is 0.552. The van der Waals surface area contributed by atoms with Gasteiger partial charge in [0.25, 0.3) is 5.89 Å². The van der Waals surface area contributed by atoms with Gasteiger partial charge in [0.1, 0.15) is 11.8 Å². The Balaban J connectivity index is 1.63. The van der Waals surface area contributed by atoms with Gasteiger partial charge in [0, 0.05) is 23.2 Å². The number of nitrogens with one attached hydrogen (secondary N) is 1. The van der Waals surface area contributed by atoms with E-state index in [0.717, 1.165) is 24.8 Å². The summed E-state index contributed by atoms with van der Waals surface area (Å²) in [6.07, 6.45) is 3.16. The lowest BCUT2D eigenvalue weighted by Gasteiger charge is -2.19. The zero-order valence-corrected chi connectivity index (χ0v) is 18.5. The number of fused-ring (bicyclic) bond motifs is 1. The van der Waals surface area contributed by atoms with Crippen LogP contribution in [0, 0.1) is 11.3 Å². The van der Waals surface area contributed by atoms with E-state index in [9.17, 15) is 5.26 Å². The van der Waals surface area contributed by atoms with Crippen molar-refractivity contribution in [2.45, 2.75) is 65.1 Å². The minimum atomic E-state index is -0.00763. The Hall–Kier alpha value is -3.17. The van der Waals surface area contributed by atoms with Crippen molar-refractivity contribution in [1.29, 1.82) is 5.26 Å². The number of rotatable bonds is 7. The van der Waals surface area contributed by atoms with Gasteiger partial charge in [-0.1, -0.05) is 30.3 Å². The normalized spacial score (nSPS) is 16.2. The number of nitriles is 1. The largest absolute Gasteiger partial charge is 0.490 e. The van der Waals surface area contributed by atoms with Crippen LogP contribution in [0.2, 0.25) is 0 Å². The number of nitrogens with zero attached hydrogens (tertiary/aromatic N) is 3. The van der Waals surface area contributed by atoms with Crippen LogP contribution in [0.5, 0.6) is 5.75 Å². The Morgan fingerprint density at radius 1 is 1.26 bits per heavy atom. The van der Waals surface area contributed by atoms with Crippen LogP contribution in [0.15, 0.2) is 40.9 Å². The number of benzene rings is 2. The predicted octanol–water partition coefficient (Wildman–Crippen LogP) is 5.44. The molecule has 0 saturated heterocycles. The molecule has 1 N–H and O–H groups in total. The van der Waals surface area contributed by atoms with Gasteiger partial charge in [-0.2, -0.15) is 10.2 Å². The molecular weight excluding hydrogens is 388 g/mol. The van der Waals surface area contributed by atoms with Crippen molar-refractivity contribution in [2.75, 3.05) is 0 Å². The molecule has 0 amide bonds. The molecule has 0 fully saturated rings. The molecule has 6 heteroatoms. The van der Waals surface area contributed by atoms with E-state index in [1.807, 2.05) is 19.9 Å². The van der Waals surface area contributed by atoms with Crippen LogP contribution in [0.4, 0.5) is 0 Å². The number of aromatic nitrogens is 2. The fraction of sp³-hybridized carbons (Fsp3) is 0.400. The highest BCUT2D eigenvalue weighted by molar-refractivity contribution is 5.67. The summed E-state index contributed by atoms with van der Waals surface area (Å²) in [4.78, 5) is 4.65. The third kappa shape index (κ3) is 4.33. The van der Waals surface area contributed by atoms with Crippen molar-refractivity contribution in [1.82, 2.24) is 15.5 Å². The molecule has 3 aromatic rings. The maximum Gasteiger partial charge on any atom is 0.258 e. The lowest BCUT2D eigenvalue weighted by molar-refractivity contribution is 0.241. The highest BCUT2D eigenvalue weighted by Gasteiger charge is 2.27. The molecule has 1 aliphatic rings. The summed E-state index contributed by atoms with van der Waals surface area (Å²) in [5.41, 5.74) is 4.78. The van der Waals surface area contributed by atoms with Crippen molar-refractivity contribution >= 4 is 0 Å². The molecule has 1 heterocycles. The fourth-order valence-corrected chi connectivity index (χ4v) is 4.06. The van der Waals surface area contributed by atoms with E-state index in [1.54, 1.807) is 12.1 Å². The van der Waals surface area contributed by atoms with E-state index < -0.39 is 0 Å². The second kappa shape index (κ2) is 8.91. The summed E-state index contributed by atoms with van der Waals surface area (Å²) in [5, 5.41) is 17.5. The van der Waals surface area contributed by atoms with Gasteiger partial charge in [-0.25, -0.2) is 0 Å². The molecule has 4 rings (SSSR count). The molecule has 160 valence electrons. The van der Waals surface area contributed by atoms with Crippen molar-refractivity contribution in [2.24, 2.45) is 0 Å². The Morgan fingerprint density at radius 2 is 2.10 bits per heavy atom. The Bertz CT molecular complexity index is 1110. The van der Waals surface area contributed by atoms with Crippen LogP contribution in [0.1, 0.15) is 63.3 Å². The Morgan fingerprint density at radius 3 is 2.84 bits per heavy atom. The third-order valence-corrected chi connectivity index (χ3v) is 5.75. The lowest BCUT2D eigenvalue weighted by Crippen LogP contribution is -2.28. The second-order valence-corrected chi connectivity index (χ2v) is 8.35. The van der Waals surface area contributed by atoms with Crippen LogP contribution in [-0.2, 0) is 6.42 Å². The zero-order chi connectivity index (χ0) is 22.0. The van der Waals surface area contributed by atoms with Crippen LogP contribution in [-0.4, -0.2) is 22.3 Å². The molecule has 1 aromatic heterocycles. The molecule has 1 aliphatic carbocycles. The van der Waals surface area contributed by atoms with E-state index in [0.29, 0.717) is 40.7 Å². The molecule has 2 aromatic carbocycles. The standard InChI is InChI=1S/C25H28N4O2/c1-5-16(4)27-22-11-10-19-20(22)7-6-8-21(19)24-28-25(31-29-24)17-9-12-23(30-15(2)3)18(13-17)14-26/h6-9,12-13,15-16,22,27H,5,10-11H2,1-4H3/t16-,22+/m0/s1. The predicted molar refractivity (Wildman–Crippen MR) is 120 cm³/mol. The number of hydrogen-bond acceptors (Lipinski definition) is 6. The van der Waals surface area contributed by atoms with E-state index in [2.05, 4.69) is 53.6 Å². The number of ether oxygens (including phenoxy) is 1. The summed E-state index contributed by atoms with van der Waals surface area (Å²) < 4.78 is 11.3. The van der Waals surface area contributed by atoms with E-state index in [1.165, 1.54) is 11.1 Å². The molecule has 0 saturated carbocycles. The molecular formula is C25H28N4O2. The fourth-order valence-electron chi connectivity index (χ4n) is 4.06. The van der Waals surface area contributed by atoms with Crippen LogP contribution in [0.25, 0.3) is 22.8 Å². The summed E-state index contributed by atoms with van der Waals surface area (Å²) in [5.74, 6) is 1.53. The summed E-state index contributed by atoms with van der Waals surface area (Å²) >= 11 is 0. The summed E-state index contributed by atoms with van der Waals surface area (Å²) in [7, 11) is 0. The zero-order valence-electron chi connectivity index (χ0n) is 18.5. The Labute approximate surface area is 183 Å². The average Bonchev–Trinajstić information content (AvgIpc) is 3.41. The minimum Gasteiger partial charge on any atom is -0.490 e. The molecule has 31 heavy (non-hydrogen) atoms. The third-order valence-electron chi connectivity index (χ3n) is 5.75. The SMILES string of the molecule is CC[C@H](C)N[C@@H]1CCc2c(-c3noc(-c4ccc(OC(C)C)c(C#N)c4)n3)cccc21. The van der Waals surface area contributed by atoms with Crippen molar-refractivity contribution in [3.8, 4) is 34.7 Å². The van der Waals surface area contributed by atoms with Gasteiger partial charge in [-0.15, -0.1) is 0 Å². The smallest absolute Gasteiger partial charge is 0.258 e. The van der Waals surface area contributed by atoms with Crippen LogP contribution < -0.4 is 10.1 Å². The second-order valence-electron chi connectivity index (χ2n) is 8.35. The molecule has 2 atom stereocenters. The van der Waals surface area contributed by atoms with Crippen molar-refractivity contribution in [3.63, 3.8) is 0 Å². The average molecular weight is 417 g/mol. The maximum absolute atomic E-state index is 9.49. The molecule has 0 spiro atoms. The number of hydrogen-bond donors (Lipinski definition) is 1. The summed E-state index contributed by atoms with van der Waals surface area (Å²) in [6.45, 7) is 8.28. The highest BCUT2D eigenvalue weighted by atomic mass is 16.5. The van der Waals surface area contributed by atoms with E-state index in [-0.39, 0.29) is 6.10 Å². The molecule has 0 aliphatic heterocycles. The van der Waals surface area contributed by atoms with Gasteiger partial charge in [-0.05, 0) is 69.4 Å². The first-order valence-electron chi connectivity index (χ1n) is 10.9. The van der Waals surface area contributed by atoms with Gasteiger partial charge in [0.05, 0.1) is 11.7 Å². The lowest BCUT2D eigenvalue weighted by atomic mass is 10.0. The Kier molecular flexibility index (Phi) is 6.06. The van der Waals surface area contributed by atoms with Gasteiger partial charge in [-0.3, -0.25) is 0 Å². The van der Waals surface area contributed by atoms with Crippen molar-refractivity contribution < 1.29 is 9.26 Å². The maximum atomic E-state index is 9.49. The van der Waals surface area contributed by atoms with Gasteiger partial charge in [0.15, 0.2) is 0 Å². The molecule has 0 radical (unpaired) electrons. The molecule has 0 unspecified atom stereocenters. The van der Waals surface area contributed by atoms with Crippen LogP contribution in [0.3, 0.4) is 0 Å². The summed E-state index contributed by atoms with van der Waals surface area (Å²) in [6, 6.07) is 14.7. The first kappa shape index (κ1) is 21.1. The first-order valence-corrected chi connectivity index (χ1v) is 10.9. The topological polar surface area (TPSA) is 84.0 Å².